The maximum atomic E-state index is 11.8. The topological polar surface area (TPSA) is 75.6 Å². The molecule has 24 heavy (non-hydrogen) atoms. The number of nitrogens with one attached hydrogen (secondary N) is 1. The predicted molar refractivity (Wildman–Crippen MR) is 101 cm³/mol. The number of thioether (sulfide) groups is 1. The Morgan fingerprint density at radius 1 is 1.46 bits per heavy atom. The second-order valence-corrected chi connectivity index (χ2v) is 7.69. The molecule has 0 aliphatic rings. The van der Waals surface area contributed by atoms with Crippen LogP contribution in [-0.4, -0.2) is 41.1 Å². The Kier molecular flexibility index (Phi) is 10.2. The molecular weight excluding hydrogens is 418 g/mol. The van der Waals surface area contributed by atoms with Crippen molar-refractivity contribution in [2.75, 3.05) is 18.1 Å². The van der Waals surface area contributed by atoms with Crippen LogP contribution in [0.3, 0.4) is 0 Å². The third-order valence-electron chi connectivity index (χ3n) is 3.09. The van der Waals surface area contributed by atoms with Gasteiger partial charge in [0, 0.05) is 10.9 Å². The fourth-order valence-corrected chi connectivity index (χ4v) is 3.30. The van der Waals surface area contributed by atoms with Gasteiger partial charge in [-0.2, -0.15) is 11.8 Å². The van der Waals surface area contributed by atoms with Gasteiger partial charge in [-0.25, -0.2) is 4.79 Å². The first-order valence-corrected chi connectivity index (χ1v) is 9.94. The number of hydrogen-bond donors (Lipinski definition) is 2. The molecule has 0 spiro atoms. The van der Waals surface area contributed by atoms with E-state index < -0.39 is 12.0 Å². The van der Waals surface area contributed by atoms with E-state index in [0.717, 1.165) is 10.2 Å². The third-order valence-corrected chi connectivity index (χ3v) is 4.81. The van der Waals surface area contributed by atoms with E-state index >= 15 is 0 Å². The highest BCUT2D eigenvalue weighted by atomic mass is 79.9. The van der Waals surface area contributed by atoms with E-state index in [2.05, 4.69) is 21.2 Å². The predicted octanol–water partition coefficient (Wildman–Crippen LogP) is 3.97. The van der Waals surface area contributed by atoms with Crippen LogP contribution in [0.15, 0.2) is 22.7 Å². The van der Waals surface area contributed by atoms with Gasteiger partial charge in [-0.3, -0.25) is 4.79 Å². The standard InChI is InChI=1S/C16H21BrClNO4S/c1-2-24-9-7-13(16(21)22)19-15(20)4-3-8-23-14-6-5-11(17)10-12(14)18/h5-6,10,13H,2-4,7-9H2,1H3,(H,19,20)(H,21,22). The SMILES string of the molecule is CCSCCC(NC(=O)CCCOc1ccc(Br)cc1Cl)C(=O)O. The van der Waals surface area contributed by atoms with E-state index in [1.165, 1.54) is 0 Å². The number of amides is 1. The highest BCUT2D eigenvalue weighted by Crippen LogP contribution is 2.27. The zero-order chi connectivity index (χ0) is 17.9. The van der Waals surface area contributed by atoms with Crippen LogP contribution in [0.5, 0.6) is 5.75 Å². The number of carbonyl (C=O) groups excluding carboxylic acids is 1. The molecule has 0 radical (unpaired) electrons. The molecule has 0 aromatic heterocycles. The molecule has 1 aromatic rings. The van der Waals surface area contributed by atoms with Gasteiger partial charge in [-0.05, 0) is 42.5 Å². The van der Waals surface area contributed by atoms with Crippen LogP contribution in [0.25, 0.3) is 0 Å². The van der Waals surface area contributed by atoms with Crippen LogP contribution in [-0.2, 0) is 9.59 Å². The van der Waals surface area contributed by atoms with E-state index in [1.807, 2.05) is 13.0 Å². The van der Waals surface area contributed by atoms with Crippen LogP contribution in [0.2, 0.25) is 5.02 Å². The van der Waals surface area contributed by atoms with Gasteiger partial charge in [0.25, 0.3) is 0 Å². The van der Waals surface area contributed by atoms with Crippen molar-refractivity contribution in [2.45, 2.75) is 32.2 Å². The average Bonchev–Trinajstić information content (AvgIpc) is 2.52. The molecule has 1 rings (SSSR count). The van der Waals surface area contributed by atoms with E-state index in [0.29, 0.717) is 36.0 Å². The summed E-state index contributed by atoms with van der Waals surface area (Å²) in [6.07, 6.45) is 1.11. The van der Waals surface area contributed by atoms with Gasteiger partial charge in [-0.1, -0.05) is 34.5 Å². The Morgan fingerprint density at radius 3 is 2.83 bits per heavy atom. The van der Waals surface area contributed by atoms with Gasteiger partial charge in [0.2, 0.25) is 5.91 Å². The summed E-state index contributed by atoms with van der Waals surface area (Å²) in [6, 6.07) is 4.46. The Bertz CT molecular complexity index is 559. The largest absolute Gasteiger partial charge is 0.492 e. The van der Waals surface area contributed by atoms with Crippen LogP contribution >= 0.6 is 39.3 Å². The van der Waals surface area contributed by atoms with E-state index in [4.69, 9.17) is 21.4 Å². The molecule has 8 heteroatoms. The number of aliphatic carboxylic acids is 1. The summed E-state index contributed by atoms with van der Waals surface area (Å²) in [4.78, 5) is 23.0. The summed E-state index contributed by atoms with van der Waals surface area (Å²) >= 11 is 11.0. The van der Waals surface area contributed by atoms with Crippen LogP contribution in [0, 0.1) is 0 Å². The summed E-state index contributed by atoms with van der Waals surface area (Å²) in [5.74, 6) is 0.905. The molecule has 1 unspecified atom stereocenters. The number of benzene rings is 1. The highest BCUT2D eigenvalue weighted by Gasteiger charge is 2.19. The fourth-order valence-electron chi connectivity index (χ4n) is 1.88. The van der Waals surface area contributed by atoms with Gasteiger partial charge in [-0.15, -0.1) is 0 Å². The van der Waals surface area contributed by atoms with Crippen molar-refractivity contribution in [1.82, 2.24) is 5.32 Å². The van der Waals surface area contributed by atoms with Gasteiger partial charge in [0.1, 0.15) is 11.8 Å². The maximum absolute atomic E-state index is 11.8. The molecule has 0 saturated heterocycles. The maximum Gasteiger partial charge on any atom is 0.326 e. The van der Waals surface area contributed by atoms with Crippen molar-refractivity contribution in [1.29, 1.82) is 0 Å². The minimum absolute atomic E-state index is 0.207. The lowest BCUT2D eigenvalue weighted by atomic mass is 10.2. The summed E-state index contributed by atoms with van der Waals surface area (Å²) < 4.78 is 6.38. The van der Waals surface area contributed by atoms with Crippen molar-refractivity contribution >= 4 is 51.2 Å². The lowest BCUT2D eigenvalue weighted by Crippen LogP contribution is -2.41. The number of carboxylic acid groups (broad SMARTS) is 1. The summed E-state index contributed by atoms with van der Waals surface area (Å²) in [6.45, 7) is 2.34. The van der Waals surface area contributed by atoms with Crippen molar-refractivity contribution in [3.05, 3.63) is 27.7 Å². The minimum Gasteiger partial charge on any atom is -0.492 e. The normalized spacial score (nSPS) is 11.8. The lowest BCUT2D eigenvalue weighted by molar-refractivity contribution is -0.141. The van der Waals surface area contributed by atoms with Gasteiger partial charge >= 0.3 is 5.97 Å². The zero-order valence-electron chi connectivity index (χ0n) is 13.4. The quantitative estimate of drug-likeness (QED) is 0.511. The second kappa shape index (κ2) is 11.6. The van der Waals surface area contributed by atoms with Gasteiger partial charge in [0.05, 0.1) is 11.6 Å². The molecule has 1 amide bonds. The fraction of sp³-hybridized carbons (Fsp3) is 0.500. The number of ether oxygens (including phenoxy) is 1. The molecule has 1 aromatic carbocycles. The van der Waals surface area contributed by atoms with E-state index in [9.17, 15) is 9.59 Å². The van der Waals surface area contributed by atoms with E-state index in [-0.39, 0.29) is 12.3 Å². The van der Waals surface area contributed by atoms with Crippen molar-refractivity contribution < 1.29 is 19.4 Å². The number of carboxylic acids is 1. The van der Waals surface area contributed by atoms with Gasteiger partial charge < -0.3 is 15.2 Å². The number of halogens is 2. The number of rotatable bonds is 11. The summed E-state index contributed by atoms with van der Waals surface area (Å²) in [7, 11) is 0. The first-order chi connectivity index (χ1) is 11.4. The monoisotopic (exact) mass is 437 g/mol. The molecule has 0 saturated carbocycles. The molecule has 0 aliphatic carbocycles. The molecule has 134 valence electrons. The molecule has 0 fully saturated rings. The first kappa shape index (κ1) is 21.1. The van der Waals surface area contributed by atoms with Crippen molar-refractivity contribution in [3.63, 3.8) is 0 Å². The van der Waals surface area contributed by atoms with Crippen molar-refractivity contribution in [3.8, 4) is 5.75 Å². The summed E-state index contributed by atoms with van der Waals surface area (Å²) in [5.41, 5.74) is 0. The Hall–Kier alpha value is -0.920. The smallest absolute Gasteiger partial charge is 0.326 e. The van der Waals surface area contributed by atoms with E-state index in [1.54, 1.807) is 23.9 Å². The molecule has 0 aliphatic heterocycles. The molecule has 2 N–H and O–H groups in total. The average molecular weight is 439 g/mol. The first-order valence-electron chi connectivity index (χ1n) is 7.61. The minimum atomic E-state index is -1.00. The van der Waals surface area contributed by atoms with Gasteiger partial charge in [0.15, 0.2) is 0 Å². The Morgan fingerprint density at radius 2 is 2.21 bits per heavy atom. The Labute approximate surface area is 159 Å². The molecule has 0 bridgehead atoms. The zero-order valence-corrected chi connectivity index (χ0v) is 16.5. The highest BCUT2D eigenvalue weighted by molar-refractivity contribution is 9.10. The van der Waals surface area contributed by atoms with Crippen molar-refractivity contribution in [2.24, 2.45) is 0 Å². The third kappa shape index (κ3) is 8.26. The number of carbonyl (C=O) groups is 2. The summed E-state index contributed by atoms with van der Waals surface area (Å²) in [5, 5.41) is 12.2. The second-order valence-electron chi connectivity index (χ2n) is 4.97. The molecular formula is C16H21BrClNO4S. The Balaban J connectivity index is 2.30. The van der Waals surface area contributed by atoms with Crippen LogP contribution in [0.1, 0.15) is 26.2 Å². The lowest BCUT2D eigenvalue weighted by Gasteiger charge is -2.14. The molecule has 5 nitrogen and oxygen atoms in total. The van der Waals surface area contributed by atoms with Crippen LogP contribution in [0.4, 0.5) is 0 Å². The molecule has 1 atom stereocenters. The number of hydrogen-bond acceptors (Lipinski definition) is 4. The van der Waals surface area contributed by atoms with Crippen LogP contribution < -0.4 is 10.1 Å². The molecule has 0 heterocycles.